The third kappa shape index (κ3) is 3.99. The molecule has 0 saturated heterocycles. The zero-order valence-corrected chi connectivity index (χ0v) is 15.4. The van der Waals surface area contributed by atoms with Crippen LogP contribution in [0.3, 0.4) is 0 Å². The highest BCUT2D eigenvalue weighted by Crippen LogP contribution is 2.32. The van der Waals surface area contributed by atoms with Crippen molar-refractivity contribution in [1.82, 2.24) is 4.98 Å². The molecule has 0 atom stereocenters. The summed E-state index contributed by atoms with van der Waals surface area (Å²) in [5.41, 5.74) is 1.36. The second kappa shape index (κ2) is 7.23. The normalized spacial score (nSPS) is 13.4. The summed E-state index contributed by atoms with van der Waals surface area (Å²) in [4.78, 5) is 30.0. The summed E-state index contributed by atoms with van der Waals surface area (Å²) in [6, 6.07) is 10.5. The Balaban J connectivity index is 1.80. The minimum atomic E-state index is -0.361. The van der Waals surface area contributed by atoms with Gasteiger partial charge in [0.25, 0.3) is 5.91 Å². The van der Waals surface area contributed by atoms with Crippen LogP contribution in [0, 0.1) is 0 Å². The Labute approximate surface area is 153 Å². The maximum atomic E-state index is 12.2. The third-order valence-corrected chi connectivity index (χ3v) is 4.03. The second-order valence-corrected chi connectivity index (χ2v) is 6.69. The molecule has 0 radical (unpaired) electrons. The molecule has 0 fully saturated rings. The van der Waals surface area contributed by atoms with Gasteiger partial charge in [-0.3, -0.25) is 9.69 Å². The molecule has 130 valence electrons. The van der Waals surface area contributed by atoms with Crippen LogP contribution in [0.25, 0.3) is 0 Å². The van der Waals surface area contributed by atoms with Gasteiger partial charge in [0.2, 0.25) is 0 Å². The molecule has 2 aromatic rings. The van der Waals surface area contributed by atoms with E-state index in [0.717, 1.165) is 5.56 Å². The van der Waals surface area contributed by atoms with Gasteiger partial charge < -0.3 is 9.47 Å². The van der Waals surface area contributed by atoms with Crippen molar-refractivity contribution in [2.45, 2.75) is 26.5 Å². The van der Waals surface area contributed by atoms with Crippen molar-refractivity contribution in [3.63, 3.8) is 0 Å². The first-order valence-corrected chi connectivity index (χ1v) is 8.63. The Morgan fingerprint density at radius 3 is 2.68 bits per heavy atom. The van der Waals surface area contributed by atoms with Crippen LogP contribution in [-0.2, 0) is 16.1 Å². The minimum Gasteiger partial charge on any atom is -0.480 e. The van der Waals surface area contributed by atoms with Gasteiger partial charge in [-0.05, 0) is 59.6 Å². The van der Waals surface area contributed by atoms with Crippen molar-refractivity contribution < 1.29 is 19.1 Å². The van der Waals surface area contributed by atoms with Gasteiger partial charge in [-0.15, -0.1) is 0 Å². The molecule has 25 heavy (non-hydrogen) atoms. The number of benzene rings is 1. The van der Waals surface area contributed by atoms with Crippen LogP contribution in [-0.4, -0.2) is 29.6 Å². The van der Waals surface area contributed by atoms with E-state index in [4.69, 9.17) is 9.47 Å². The molecule has 0 N–H and O–H groups in total. The summed E-state index contributed by atoms with van der Waals surface area (Å²) >= 11 is 3.31. The molecular weight excluding hydrogens is 388 g/mol. The van der Waals surface area contributed by atoms with E-state index in [1.165, 1.54) is 0 Å². The molecule has 0 aliphatic carbocycles. The van der Waals surface area contributed by atoms with Crippen LogP contribution < -0.4 is 9.64 Å². The zero-order chi connectivity index (χ0) is 18.0. The fraction of sp³-hybridized carbons (Fsp3) is 0.278. The maximum absolute atomic E-state index is 12.2. The summed E-state index contributed by atoms with van der Waals surface area (Å²) in [7, 11) is 0. The van der Waals surface area contributed by atoms with Gasteiger partial charge in [0.15, 0.2) is 18.2 Å². The first-order chi connectivity index (χ1) is 11.9. The highest BCUT2D eigenvalue weighted by molar-refractivity contribution is 9.10. The predicted molar refractivity (Wildman–Crippen MR) is 95.6 cm³/mol. The fourth-order valence-corrected chi connectivity index (χ4v) is 2.73. The molecule has 1 aromatic heterocycles. The number of carbonyl (C=O) groups excluding carboxylic acids is 2. The lowest BCUT2D eigenvalue weighted by atomic mass is 10.1. The number of amides is 1. The number of fused-ring (bicyclic) bond motifs is 1. The molecule has 3 rings (SSSR count). The molecule has 2 heterocycles. The molecule has 0 unspecified atom stereocenters. The molecule has 1 aliphatic heterocycles. The summed E-state index contributed by atoms with van der Waals surface area (Å²) in [6.45, 7) is 3.94. The zero-order valence-electron chi connectivity index (χ0n) is 13.9. The van der Waals surface area contributed by atoms with Crippen LogP contribution in [0.5, 0.6) is 5.75 Å². The number of aromatic nitrogens is 1. The van der Waals surface area contributed by atoms with Gasteiger partial charge in [-0.2, -0.15) is 0 Å². The number of rotatable bonds is 4. The summed E-state index contributed by atoms with van der Waals surface area (Å²) in [6.07, 6.45) is -0.167. The Kier molecular flexibility index (Phi) is 5.03. The van der Waals surface area contributed by atoms with Crippen LogP contribution in [0.4, 0.5) is 5.82 Å². The van der Waals surface area contributed by atoms with E-state index in [-0.39, 0.29) is 24.6 Å². The molecule has 0 spiro atoms. The molecule has 7 heteroatoms. The lowest BCUT2D eigenvalue weighted by Crippen LogP contribution is -2.38. The van der Waals surface area contributed by atoms with Gasteiger partial charge in [0.05, 0.1) is 18.2 Å². The van der Waals surface area contributed by atoms with Crippen molar-refractivity contribution in [3.8, 4) is 5.75 Å². The number of ether oxygens (including phenoxy) is 2. The summed E-state index contributed by atoms with van der Waals surface area (Å²) < 4.78 is 11.2. The first kappa shape index (κ1) is 17.4. The predicted octanol–water partition coefficient (Wildman–Crippen LogP) is 3.33. The van der Waals surface area contributed by atoms with Crippen LogP contribution in [0.1, 0.15) is 29.8 Å². The van der Waals surface area contributed by atoms with Crippen LogP contribution in [0.15, 0.2) is 41.0 Å². The van der Waals surface area contributed by atoms with Crippen molar-refractivity contribution in [2.24, 2.45) is 0 Å². The minimum absolute atomic E-state index is 0.0187. The average Bonchev–Trinajstić information content (AvgIpc) is 2.57. The van der Waals surface area contributed by atoms with E-state index < -0.39 is 0 Å². The molecule has 0 bridgehead atoms. The molecule has 1 aliphatic rings. The smallest absolute Gasteiger partial charge is 0.338 e. The second-order valence-electron chi connectivity index (χ2n) is 5.88. The topological polar surface area (TPSA) is 68.7 Å². The van der Waals surface area contributed by atoms with E-state index in [9.17, 15) is 9.59 Å². The van der Waals surface area contributed by atoms with Crippen molar-refractivity contribution in [1.29, 1.82) is 0 Å². The van der Waals surface area contributed by atoms with Gasteiger partial charge in [-0.1, -0.05) is 12.1 Å². The van der Waals surface area contributed by atoms with Crippen molar-refractivity contribution in [2.75, 3.05) is 11.5 Å². The number of anilines is 1. The number of pyridine rings is 1. The van der Waals surface area contributed by atoms with Gasteiger partial charge in [-0.25, -0.2) is 9.78 Å². The maximum Gasteiger partial charge on any atom is 0.338 e. The summed E-state index contributed by atoms with van der Waals surface area (Å²) in [5.74, 6) is 0.523. The molecular formula is C18H17BrN2O4. The number of hydrogen-bond acceptors (Lipinski definition) is 5. The quantitative estimate of drug-likeness (QED) is 0.577. The number of esters is 1. The number of nitrogens with zero attached hydrogens (tertiary/aromatic N) is 2. The lowest BCUT2D eigenvalue weighted by Gasteiger charge is -2.28. The Hall–Kier alpha value is -2.41. The van der Waals surface area contributed by atoms with Crippen LogP contribution >= 0.6 is 15.9 Å². The first-order valence-electron chi connectivity index (χ1n) is 7.83. The molecule has 1 amide bonds. The Morgan fingerprint density at radius 1 is 1.28 bits per heavy atom. The lowest BCUT2D eigenvalue weighted by molar-refractivity contribution is -0.121. The van der Waals surface area contributed by atoms with Crippen molar-refractivity contribution in [3.05, 3.63) is 52.1 Å². The SMILES string of the molecule is CC(C)OC(=O)c1ccc(CN2C(=O)COc3ccc(Br)nc32)cc1. The van der Waals surface area contributed by atoms with Crippen LogP contribution in [0.2, 0.25) is 0 Å². The Morgan fingerprint density at radius 2 is 2.00 bits per heavy atom. The summed E-state index contributed by atoms with van der Waals surface area (Å²) in [5, 5.41) is 0. The number of halogens is 1. The average molecular weight is 405 g/mol. The van der Waals surface area contributed by atoms with E-state index in [1.54, 1.807) is 55.1 Å². The third-order valence-electron chi connectivity index (χ3n) is 3.59. The molecule has 0 saturated carbocycles. The molecule has 1 aromatic carbocycles. The van der Waals surface area contributed by atoms with Gasteiger partial charge in [0, 0.05) is 0 Å². The van der Waals surface area contributed by atoms with Gasteiger partial charge >= 0.3 is 5.97 Å². The van der Waals surface area contributed by atoms with E-state index in [1.807, 2.05) is 0 Å². The largest absolute Gasteiger partial charge is 0.480 e. The highest BCUT2D eigenvalue weighted by atomic mass is 79.9. The van der Waals surface area contributed by atoms with Crippen molar-refractivity contribution >= 4 is 33.6 Å². The number of carbonyl (C=O) groups is 2. The monoisotopic (exact) mass is 404 g/mol. The standard InChI is InChI=1S/C18H17BrN2O4/c1-11(2)25-18(23)13-5-3-12(4-6-13)9-21-16(22)10-24-14-7-8-15(19)20-17(14)21/h3-8,11H,9-10H2,1-2H3. The van der Waals surface area contributed by atoms with E-state index in [0.29, 0.717) is 28.3 Å². The van der Waals surface area contributed by atoms with E-state index >= 15 is 0 Å². The van der Waals surface area contributed by atoms with E-state index in [2.05, 4.69) is 20.9 Å². The Bertz CT molecular complexity index is 805. The number of hydrogen-bond donors (Lipinski definition) is 0. The fourth-order valence-electron chi connectivity index (χ4n) is 2.43. The molecule has 6 nitrogen and oxygen atoms in total. The van der Waals surface area contributed by atoms with Gasteiger partial charge in [0.1, 0.15) is 4.60 Å². The highest BCUT2D eigenvalue weighted by Gasteiger charge is 2.27.